The molecule has 6 nitrogen and oxygen atoms in total. The monoisotopic (exact) mass is 454 g/mol. The minimum Gasteiger partial charge on any atom is -0.492 e. The zero-order valence-electron chi connectivity index (χ0n) is 20.1. The van der Waals surface area contributed by atoms with Crippen LogP contribution in [0.1, 0.15) is 29.5 Å². The SMILES string of the molecule is Cc1ccc(OCC2(O)CCN(Cc3cccc(OCCN4CCOCC4)c3)CC2)c(C)c1. The lowest BCUT2D eigenvalue weighted by atomic mass is 9.92. The topological polar surface area (TPSA) is 54.4 Å². The summed E-state index contributed by atoms with van der Waals surface area (Å²) in [6, 6.07) is 14.6. The van der Waals surface area contributed by atoms with E-state index in [4.69, 9.17) is 14.2 Å². The van der Waals surface area contributed by atoms with E-state index >= 15 is 0 Å². The highest BCUT2D eigenvalue weighted by Gasteiger charge is 2.33. The van der Waals surface area contributed by atoms with Crippen LogP contribution >= 0.6 is 0 Å². The molecule has 0 saturated carbocycles. The molecule has 180 valence electrons. The van der Waals surface area contributed by atoms with Gasteiger partial charge < -0.3 is 19.3 Å². The molecular weight excluding hydrogens is 416 g/mol. The highest BCUT2D eigenvalue weighted by atomic mass is 16.5. The van der Waals surface area contributed by atoms with Crippen molar-refractivity contribution in [3.63, 3.8) is 0 Å². The molecule has 4 rings (SSSR count). The van der Waals surface area contributed by atoms with E-state index in [0.29, 0.717) is 26.1 Å². The first-order valence-electron chi connectivity index (χ1n) is 12.2. The fourth-order valence-electron chi connectivity index (χ4n) is 4.55. The maximum Gasteiger partial charge on any atom is 0.122 e. The van der Waals surface area contributed by atoms with Crippen molar-refractivity contribution in [2.75, 3.05) is 59.2 Å². The molecule has 2 aliphatic heterocycles. The van der Waals surface area contributed by atoms with E-state index in [2.05, 4.69) is 54.0 Å². The van der Waals surface area contributed by atoms with Crippen LogP contribution in [-0.4, -0.2) is 79.7 Å². The standard InChI is InChI=1S/C27H38N2O4/c1-22-6-7-26(23(2)18-22)33-21-27(30)8-10-29(11-9-27)20-24-4-3-5-25(19-24)32-17-14-28-12-15-31-16-13-28/h3-7,18-19,30H,8-17,20-21H2,1-2H3. The van der Waals surface area contributed by atoms with Crippen molar-refractivity contribution in [1.29, 1.82) is 0 Å². The third-order valence-electron chi connectivity index (χ3n) is 6.70. The number of aryl methyl sites for hydroxylation is 2. The van der Waals surface area contributed by atoms with Crippen molar-refractivity contribution < 1.29 is 19.3 Å². The largest absolute Gasteiger partial charge is 0.492 e. The molecule has 2 aliphatic rings. The fourth-order valence-corrected chi connectivity index (χ4v) is 4.55. The molecule has 1 N–H and O–H groups in total. The Kier molecular flexibility index (Phi) is 8.25. The highest BCUT2D eigenvalue weighted by molar-refractivity contribution is 5.35. The Balaban J connectivity index is 1.21. The number of ether oxygens (including phenoxy) is 3. The molecule has 0 atom stereocenters. The van der Waals surface area contributed by atoms with Gasteiger partial charge in [0, 0.05) is 39.3 Å². The molecule has 2 aromatic carbocycles. The van der Waals surface area contributed by atoms with Crippen LogP contribution < -0.4 is 9.47 Å². The second kappa shape index (κ2) is 11.3. The quantitative estimate of drug-likeness (QED) is 0.627. The lowest BCUT2D eigenvalue weighted by Gasteiger charge is -2.38. The van der Waals surface area contributed by atoms with Crippen LogP contribution in [0.3, 0.4) is 0 Å². The van der Waals surface area contributed by atoms with E-state index in [1.807, 2.05) is 12.1 Å². The van der Waals surface area contributed by atoms with Gasteiger partial charge in [0.2, 0.25) is 0 Å². The van der Waals surface area contributed by atoms with Gasteiger partial charge in [0.1, 0.15) is 30.3 Å². The molecule has 0 bridgehead atoms. The molecule has 0 radical (unpaired) electrons. The van der Waals surface area contributed by atoms with E-state index in [1.54, 1.807) is 0 Å². The van der Waals surface area contributed by atoms with Gasteiger partial charge in [-0.2, -0.15) is 0 Å². The summed E-state index contributed by atoms with van der Waals surface area (Å²) in [5, 5.41) is 11.0. The maximum absolute atomic E-state index is 11.0. The Morgan fingerprint density at radius 3 is 2.48 bits per heavy atom. The van der Waals surface area contributed by atoms with Gasteiger partial charge in [0.15, 0.2) is 0 Å². The van der Waals surface area contributed by atoms with Gasteiger partial charge in [-0.25, -0.2) is 0 Å². The van der Waals surface area contributed by atoms with Crippen LogP contribution in [0, 0.1) is 13.8 Å². The van der Waals surface area contributed by atoms with E-state index in [-0.39, 0.29) is 0 Å². The van der Waals surface area contributed by atoms with Gasteiger partial charge in [-0.05, 0) is 56.0 Å². The molecule has 6 heteroatoms. The molecule has 0 aromatic heterocycles. The van der Waals surface area contributed by atoms with Crippen molar-refractivity contribution in [2.24, 2.45) is 0 Å². The smallest absolute Gasteiger partial charge is 0.122 e. The second-order valence-electron chi connectivity index (χ2n) is 9.51. The number of rotatable bonds is 9. The average Bonchev–Trinajstić information content (AvgIpc) is 2.81. The third-order valence-corrected chi connectivity index (χ3v) is 6.70. The summed E-state index contributed by atoms with van der Waals surface area (Å²) in [6.07, 6.45) is 1.43. The first kappa shape index (κ1) is 24.0. The summed E-state index contributed by atoms with van der Waals surface area (Å²) >= 11 is 0. The summed E-state index contributed by atoms with van der Waals surface area (Å²) < 4.78 is 17.4. The summed E-state index contributed by atoms with van der Waals surface area (Å²) in [5.74, 6) is 1.79. The number of piperidine rings is 1. The number of benzene rings is 2. The van der Waals surface area contributed by atoms with E-state index < -0.39 is 5.60 Å². The second-order valence-corrected chi connectivity index (χ2v) is 9.51. The van der Waals surface area contributed by atoms with E-state index in [0.717, 1.165) is 69.5 Å². The van der Waals surface area contributed by atoms with Crippen LogP contribution in [0.25, 0.3) is 0 Å². The molecule has 0 spiro atoms. The van der Waals surface area contributed by atoms with E-state index in [9.17, 15) is 5.11 Å². The first-order chi connectivity index (χ1) is 16.0. The molecule has 2 saturated heterocycles. The molecule has 0 amide bonds. The predicted molar refractivity (Wildman–Crippen MR) is 130 cm³/mol. The number of aliphatic hydroxyl groups is 1. The zero-order valence-corrected chi connectivity index (χ0v) is 20.1. The van der Waals surface area contributed by atoms with Gasteiger partial charge in [-0.1, -0.05) is 29.8 Å². The maximum atomic E-state index is 11.0. The molecular formula is C27H38N2O4. The van der Waals surface area contributed by atoms with Gasteiger partial charge in [0.25, 0.3) is 0 Å². The Morgan fingerprint density at radius 1 is 0.939 bits per heavy atom. The Hall–Kier alpha value is -2.12. The Morgan fingerprint density at radius 2 is 1.73 bits per heavy atom. The van der Waals surface area contributed by atoms with Gasteiger partial charge >= 0.3 is 0 Å². The van der Waals surface area contributed by atoms with Crippen molar-refractivity contribution >= 4 is 0 Å². The van der Waals surface area contributed by atoms with Crippen molar-refractivity contribution in [1.82, 2.24) is 9.80 Å². The molecule has 2 heterocycles. The van der Waals surface area contributed by atoms with E-state index in [1.165, 1.54) is 11.1 Å². The normalized spacial score (nSPS) is 19.4. The number of morpholine rings is 1. The molecule has 0 aliphatic carbocycles. The number of hydrogen-bond acceptors (Lipinski definition) is 6. The van der Waals surface area contributed by atoms with Crippen LogP contribution in [0.2, 0.25) is 0 Å². The van der Waals surface area contributed by atoms with Gasteiger partial charge in [-0.15, -0.1) is 0 Å². The lowest BCUT2D eigenvalue weighted by molar-refractivity contribution is -0.0538. The average molecular weight is 455 g/mol. The first-order valence-corrected chi connectivity index (χ1v) is 12.2. The van der Waals surface area contributed by atoms with Crippen molar-refractivity contribution in [2.45, 2.75) is 38.8 Å². The van der Waals surface area contributed by atoms with Crippen LogP contribution in [-0.2, 0) is 11.3 Å². The summed E-state index contributed by atoms with van der Waals surface area (Å²) in [7, 11) is 0. The predicted octanol–water partition coefficient (Wildman–Crippen LogP) is 3.42. The minimum atomic E-state index is -0.766. The minimum absolute atomic E-state index is 0.344. The van der Waals surface area contributed by atoms with Crippen LogP contribution in [0.4, 0.5) is 0 Å². The summed E-state index contributed by atoms with van der Waals surface area (Å²) in [6.45, 7) is 12.3. The summed E-state index contributed by atoms with van der Waals surface area (Å²) in [4.78, 5) is 4.78. The van der Waals surface area contributed by atoms with Gasteiger partial charge in [0.05, 0.1) is 13.2 Å². The lowest BCUT2D eigenvalue weighted by Crippen LogP contribution is -2.47. The van der Waals surface area contributed by atoms with Crippen molar-refractivity contribution in [3.8, 4) is 11.5 Å². The molecule has 2 fully saturated rings. The fraction of sp³-hybridized carbons (Fsp3) is 0.556. The molecule has 33 heavy (non-hydrogen) atoms. The van der Waals surface area contributed by atoms with Gasteiger partial charge in [-0.3, -0.25) is 9.80 Å². The zero-order chi connectivity index (χ0) is 23.1. The molecule has 0 unspecified atom stereocenters. The Bertz CT molecular complexity index is 889. The third kappa shape index (κ3) is 7.18. The van der Waals surface area contributed by atoms with Crippen LogP contribution in [0.15, 0.2) is 42.5 Å². The number of likely N-dealkylation sites (tertiary alicyclic amines) is 1. The number of hydrogen-bond donors (Lipinski definition) is 1. The number of nitrogens with zero attached hydrogens (tertiary/aromatic N) is 2. The van der Waals surface area contributed by atoms with Crippen molar-refractivity contribution in [3.05, 3.63) is 59.2 Å². The highest BCUT2D eigenvalue weighted by Crippen LogP contribution is 2.27. The molecule has 2 aromatic rings. The Labute approximate surface area is 198 Å². The van der Waals surface area contributed by atoms with Crippen LogP contribution in [0.5, 0.6) is 11.5 Å². The summed E-state index contributed by atoms with van der Waals surface area (Å²) in [5.41, 5.74) is 2.82.